The molecule has 0 bridgehead atoms. The van der Waals surface area contributed by atoms with Gasteiger partial charge < -0.3 is 4.90 Å². The molecule has 188 valence electrons. The zero-order valence-corrected chi connectivity index (χ0v) is 21.5. The molecule has 7 heteroatoms. The first-order valence-electron chi connectivity index (χ1n) is 12.8. The van der Waals surface area contributed by atoms with Gasteiger partial charge in [0, 0.05) is 36.5 Å². The molecule has 0 spiro atoms. The molecular weight excluding hydrogens is 441 g/mol. The van der Waals surface area contributed by atoms with Crippen LogP contribution in [-0.2, 0) is 11.3 Å². The van der Waals surface area contributed by atoms with Crippen LogP contribution in [0, 0.1) is 19.7 Å². The SMILES string of the molecule is CCCN(CCC)C(=O)Cn1nc(-c2ccc(F)cc2)nc1C1CCCC1.Cc1ccnc(C)c1. The van der Waals surface area contributed by atoms with E-state index in [9.17, 15) is 9.18 Å². The number of hydrogen-bond acceptors (Lipinski definition) is 4. The lowest BCUT2D eigenvalue weighted by atomic mass is 10.1. The molecule has 0 saturated heterocycles. The molecule has 6 nitrogen and oxygen atoms in total. The summed E-state index contributed by atoms with van der Waals surface area (Å²) in [6.07, 6.45) is 8.26. The van der Waals surface area contributed by atoms with Crippen molar-refractivity contribution in [1.29, 1.82) is 0 Å². The first kappa shape index (κ1) is 26.5. The van der Waals surface area contributed by atoms with Crippen molar-refractivity contribution in [2.24, 2.45) is 0 Å². The molecule has 0 unspecified atom stereocenters. The summed E-state index contributed by atoms with van der Waals surface area (Å²) in [5.41, 5.74) is 3.14. The van der Waals surface area contributed by atoms with Crippen LogP contribution in [0.25, 0.3) is 11.4 Å². The highest BCUT2D eigenvalue weighted by Gasteiger charge is 2.26. The number of aromatic nitrogens is 4. The number of pyridine rings is 1. The smallest absolute Gasteiger partial charge is 0.244 e. The van der Waals surface area contributed by atoms with Crippen molar-refractivity contribution >= 4 is 5.91 Å². The number of carbonyl (C=O) groups excluding carboxylic acids is 1. The molecule has 1 aliphatic carbocycles. The van der Waals surface area contributed by atoms with Crippen LogP contribution in [0.3, 0.4) is 0 Å². The number of aryl methyl sites for hydroxylation is 2. The largest absolute Gasteiger partial charge is 0.341 e. The molecule has 1 aromatic carbocycles. The zero-order chi connectivity index (χ0) is 25.2. The number of benzene rings is 1. The quantitative estimate of drug-likeness (QED) is 0.392. The van der Waals surface area contributed by atoms with E-state index in [0.29, 0.717) is 11.7 Å². The number of amides is 1. The predicted molar refractivity (Wildman–Crippen MR) is 137 cm³/mol. The third-order valence-corrected chi connectivity index (χ3v) is 6.20. The van der Waals surface area contributed by atoms with Crippen LogP contribution in [0.5, 0.6) is 0 Å². The van der Waals surface area contributed by atoms with E-state index in [-0.39, 0.29) is 18.3 Å². The fourth-order valence-corrected chi connectivity index (χ4v) is 4.49. The second-order valence-electron chi connectivity index (χ2n) is 9.29. The topological polar surface area (TPSA) is 63.9 Å². The third kappa shape index (κ3) is 7.70. The Balaban J connectivity index is 0.000000363. The maximum atomic E-state index is 13.2. The van der Waals surface area contributed by atoms with Gasteiger partial charge in [-0.05, 0) is 81.5 Å². The maximum Gasteiger partial charge on any atom is 0.244 e. The van der Waals surface area contributed by atoms with Gasteiger partial charge in [-0.1, -0.05) is 26.7 Å². The number of nitrogens with zero attached hydrogens (tertiary/aromatic N) is 5. The Hall–Kier alpha value is -3.09. The van der Waals surface area contributed by atoms with Gasteiger partial charge in [-0.15, -0.1) is 0 Å². The monoisotopic (exact) mass is 479 g/mol. The van der Waals surface area contributed by atoms with Crippen molar-refractivity contribution in [1.82, 2.24) is 24.6 Å². The number of hydrogen-bond donors (Lipinski definition) is 0. The van der Waals surface area contributed by atoms with Gasteiger partial charge in [0.25, 0.3) is 0 Å². The van der Waals surface area contributed by atoms with Gasteiger partial charge in [0.15, 0.2) is 5.82 Å². The van der Waals surface area contributed by atoms with E-state index in [0.717, 1.165) is 55.9 Å². The van der Waals surface area contributed by atoms with Crippen LogP contribution in [0.15, 0.2) is 42.6 Å². The van der Waals surface area contributed by atoms with Crippen LogP contribution in [0.4, 0.5) is 4.39 Å². The fourth-order valence-electron chi connectivity index (χ4n) is 4.49. The summed E-state index contributed by atoms with van der Waals surface area (Å²) in [6, 6.07) is 10.3. The molecule has 2 heterocycles. The molecule has 2 aromatic heterocycles. The Kier molecular flexibility index (Phi) is 9.94. The number of carbonyl (C=O) groups is 1. The Bertz CT molecular complexity index is 1050. The van der Waals surface area contributed by atoms with E-state index in [4.69, 9.17) is 4.98 Å². The Morgan fingerprint density at radius 3 is 2.26 bits per heavy atom. The van der Waals surface area contributed by atoms with Crippen LogP contribution < -0.4 is 0 Å². The minimum atomic E-state index is -0.279. The molecule has 35 heavy (non-hydrogen) atoms. The second-order valence-corrected chi connectivity index (χ2v) is 9.29. The standard InChI is InChI=1S/C21H29FN4O.C7H9N/c1-3-13-25(14-4-2)19(27)15-26-21(17-7-5-6-8-17)23-20(24-26)16-9-11-18(22)12-10-16;1-6-3-4-8-7(2)5-6/h9-12,17H,3-8,13-15H2,1-2H3;3-5H,1-2H3. The van der Waals surface area contributed by atoms with Crippen molar-refractivity contribution in [3.05, 3.63) is 65.5 Å². The first-order valence-corrected chi connectivity index (χ1v) is 12.8. The normalized spacial score (nSPS) is 13.4. The van der Waals surface area contributed by atoms with E-state index in [1.54, 1.807) is 16.8 Å². The Labute approximate surface area is 208 Å². The molecule has 1 aliphatic rings. The summed E-state index contributed by atoms with van der Waals surface area (Å²) in [4.78, 5) is 23.5. The summed E-state index contributed by atoms with van der Waals surface area (Å²) in [5, 5.41) is 4.63. The van der Waals surface area contributed by atoms with Crippen molar-refractivity contribution in [3.63, 3.8) is 0 Å². The summed E-state index contributed by atoms with van der Waals surface area (Å²) >= 11 is 0. The molecule has 0 radical (unpaired) electrons. The van der Waals surface area contributed by atoms with Crippen LogP contribution in [0.2, 0.25) is 0 Å². The zero-order valence-electron chi connectivity index (χ0n) is 21.5. The molecule has 1 fully saturated rings. The third-order valence-electron chi connectivity index (χ3n) is 6.20. The van der Waals surface area contributed by atoms with Crippen molar-refractivity contribution in [2.75, 3.05) is 13.1 Å². The summed E-state index contributed by atoms with van der Waals surface area (Å²) in [7, 11) is 0. The van der Waals surface area contributed by atoms with E-state index in [2.05, 4.69) is 36.9 Å². The lowest BCUT2D eigenvalue weighted by Crippen LogP contribution is -2.35. The number of rotatable bonds is 8. The first-order chi connectivity index (χ1) is 16.9. The summed E-state index contributed by atoms with van der Waals surface area (Å²) in [6.45, 7) is 9.99. The van der Waals surface area contributed by atoms with Crippen LogP contribution >= 0.6 is 0 Å². The average molecular weight is 480 g/mol. The Morgan fingerprint density at radius 1 is 1.06 bits per heavy atom. The van der Waals surface area contributed by atoms with E-state index in [1.807, 2.05) is 24.1 Å². The van der Waals surface area contributed by atoms with Crippen LogP contribution in [0.1, 0.15) is 75.4 Å². The van der Waals surface area contributed by atoms with Gasteiger partial charge in [-0.25, -0.2) is 14.1 Å². The van der Waals surface area contributed by atoms with Gasteiger partial charge in [0.05, 0.1) is 0 Å². The minimum Gasteiger partial charge on any atom is -0.341 e. The summed E-state index contributed by atoms with van der Waals surface area (Å²) < 4.78 is 15.0. The molecular formula is C28H38FN5O. The fraction of sp³-hybridized carbons (Fsp3) is 0.500. The van der Waals surface area contributed by atoms with Gasteiger partial charge in [0.1, 0.15) is 18.2 Å². The Morgan fingerprint density at radius 2 is 1.71 bits per heavy atom. The van der Waals surface area contributed by atoms with Crippen molar-refractivity contribution < 1.29 is 9.18 Å². The predicted octanol–water partition coefficient (Wildman–Crippen LogP) is 6.09. The van der Waals surface area contributed by atoms with E-state index in [1.165, 1.54) is 30.5 Å². The highest BCUT2D eigenvalue weighted by atomic mass is 19.1. The minimum absolute atomic E-state index is 0.0912. The molecule has 1 amide bonds. The molecule has 1 saturated carbocycles. The lowest BCUT2D eigenvalue weighted by Gasteiger charge is -2.22. The average Bonchev–Trinajstić information content (AvgIpc) is 3.50. The maximum absolute atomic E-state index is 13.2. The van der Waals surface area contributed by atoms with Gasteiger partial charge >= 0.3 is 0 Å². The van der Waals surface area contributed by atoms with E-state index < -0.39 is 0 Å². The second kappa shape index (κ2) is 13.1. The van der Waals surface area contributed by atoms with Gasteiger partial charge in [-0.3, -0.25) is 9.78 Å². The molecule has 4 rings (SSSR count). The van der Waals surface area contributed by atoms with Crippen molar-refractivity contribution in [2.45, 2.75) is 78.7 Å². The highest BCUT2D eigenvalue weighted by Crippen LogP contribution is 2.34. The van der Waals surface area contributed by atoms with Crippen LogP contribution in [-0.4, -0.2) is 43.6 Å². The summed E-state index contributed by atoms with van der Waals surface area (Å²) in [5.74, 6) is 1.63. The molecule has 0 N–H and O–H groups in total. The highest BCUT2D eigenvalue weighted by molar-refractivity contribution is 5.76. The number of halogens is 1. The van der Waals surface area contributed by atoms with E-state index >= 15 is 0 Å². The van der Waals surface area contributed by atoms with Gasteiger partial charge in [-0.2, -0.15) is 5.10 Å². The lowest BCUT2D eigenvalue weighted by molar-refractivity contribution is -0.132. The molecule has 0 atom stereocenters. The van der Waals surface area contributed by atoms with Crippen molar-refractivity contribution in [3.8, 4) is 11.4 Å². The van der Waals surface area contributed by atoms with Gasteiger partial charge in [0.2, 0.25) is 5.91 Å². The molecule has 0 aliphatic heterocycles. The molecule has 3 aromatic rings.